The van der Waals surface area contributed by atoms with E-state index < -0.39 is 5.54 Å². The van der Waals surface area contributed by atoms with Gasteiger partial charge in [0.05, 0.1) is 12.6 Å². The Morgan fingerprint density at radius 1 is 1.11 bits per heavy atom. The molecule has 0 aromatic heterocycles. The van der Waals surface area contributed by atoms with Crippen LogP contribution in [0.4, 0.5) is 0 Å². The highest BCUT2D eigenvalue weighted by Crippen LogP contribution is 2.35. The zero-order chi connectivity index (χ0) is 19.4. The third-order valence-corrected chi connectivity index (χ3v) is 5.40. The lowest BCUT2D eigenvalue weighted by atomic mass is 9.84. The summed E-state index contributed by atoms with van der Waals surface area (Å²) in [7, 11) is 1.68. The Morgan fingerprint density at radius 3 is 2.44 bits per heavy atom. The molecule has 0 spiro atoms. The smallest absolute Gasteiger partial charge is 0.240 e. The van der Waals surface area contributed by atoms with E-state index in [1.54, 1.807) is 7.11 Å². The number of likely N-dealkylation sites (tertiary alicyclic amines) is 1. The molecule has 3 rings (SSSR count). The van der Waals surface area contributed by atoms with Gasteiger partial charge >= 0.3 is 0 Å². The van der Waals surface area contributed by atoms with E-state index in [1.165, 1.54) is 12.5 Å². The predicted octanol–water partition coefficient (Wildman–Crippen LogP) is 2.07. The monoisotopic (exact) mass is 369 g/mol. The summed E-state index contributed by atoms with van der Waals surface area (Å²) in [5.41, 5.74) is 0.667. The minimum Gasteiger partial charge on any atom is -0.496 e. The lowest BCUT2D eigenvalue weighted by Crippen LogP contribution is -2.65. The molecule has 1 aliphatic rings. The van der Waals surface area contributed by atoms with Crippen LogP contribution in [0, 0.1) is 0 Å². The molecule has 6 nitrogen and oxygen atoms in total. The van der Waals surface area contributed by atoms with E-state index in [9.17, 15) is 9.59 Å². The van der Waals surface area contributed by atoms with Crippen molar-refractivity contribution < 1.29 is 14.3 Å². The molecule has 1 fully saturated rings. The Kier molecular flexibility index (Phi) is 5.65. The number of rotatable bonds is 7. The van der Waals surface area contributed by atoms with Crippen LogP contribution in [0.25, 0.3) is 10.8 Å². The topological polar surface area (TPSA) is 70.7 Å². The van der Waals surface area contributed by atoms with Gasteiger partial charge in [-0.2, -0.15) is 0 Å². The van der Waals surface area contributed by atoms with Gasteiger partial charge in [-0.25, -0.2) is 0 Å². The Labute approximate surface area is 159 Å². The van der Waals surface area contributed by atoms with Gasteiger partial charge in [-0.1, -0.05) is 30.3 Å². The molecule has 1 atom stereocenters. The van der Waals surface area contributed by atoms with Gasteiger partial charge in [0.1, 0.15) is 5.75 Å². The molecule has 2 aromatic rings. The molecule has 0 saturated carbocycles. The van der Waals surface area contributed by atoms with Crippen LogP contribution in [-0.2, 0) is 16.1 Å². The van der Waals surface area contributed by atoms with Gasteiger partial charge in [0.2, 0.25) is 11.8 Å². The van der Waals surface area contributed by atoms with Crippen molar-refractivity contribution >= 4 is 22.6 Å². The molecule has 1 aliphatic heterocycles. The molecule has 0 bridgehead atoms. The molecule has 1 unspecified atom stereocenters. The van der Waals surface area contributed by atoms with Crippen LogP contribution in [0.2, 0.25) is 0 Å². The first-order valence-corrected chi connectivity index (χ1v) is 9.28. The molecule has 0 aliphatic carbocycles. The summed E-state index contributed by atoms with van der Waals surface area (Å²) in [5, 5.41) is 7.86. The van der Waals surface area contributed by atoms with Crippen LogP contribution in [-0.4, -0.2) is 49.0 Å². The standard InChI is InChI=1S/C21H27N3O3/c1-15(25)22-11-12-23-20(26)21(2)10-13-24(21)14-16-8-9-19(27-3)18-7-5-4-6-17(16)18/h4-9H,10-14H2,1-3H3,(H,22,25)(H,23,26). The lowest BCUT2D eigenvalue weighted by molar-refractivity contribution is -0.141. The van der Waals surface area contributed by atoms with Gasteiger partial charge in [-0.3, -0.25) is 14.5 Å². The van der Waals surface area contributed by atoms with Gasteiger partial charge < -0.3 is 15.4 Å². The highest BCUT2D eigenvalue weighted by atomic mass is 16.5. The van der Waals surface area contributed by atoms with Gasteiger partial charge in [0.25, 0.3) is 0 Å². The van der Waals surface area contributed by atoms with E-state index in [0.29, 0.717) is 19.6 Å². The van der Waals surface area contributed by atoms with E-state index in [1.807, 2.05) is 25.1 Å². The van der Waals surface area contributed by atoms with E-state index in [-0.39, 0.29) is 11.8 Å². The molecule has 6 heteroatoms. The van der Waals surface area contributed by atoms with Gasteiger partial charge in [-0.05, 0) is 30.4 Å². The maximum atomic E-state index is 12.7. The fourth-order valence-corrected chi connectivity index (χ4v) is 3.58. The number of methoxy groups -OCH3 is 1. The average Bonchev–Trinajstić information content (AvgIpc) is 2.67. The molecule has 1 heterocycles. The average molecular weight is 369 g/mol. The van der Waals surface area contributed by atoms with E-state index in [0.717, 1.165) is 29.5 Å². The fourth-order valence-electron chi connectivity index (χ4n) is 3.58. The van der Waals surface area contributed by atoms with Crippen molar-refractivity contribution in [3.63, 3.8) is 0 Å². The number of amides is 2. The van der Waals surface area contributed by atoms with Gasteiger partial charge in [0.15, 0.2) is 0 Å². The van der Waals surface area contributed by atoms with Crippen LogP contribution in [0.3, 0.4) is 0 Å². The van der Waals surface area contributed by atoms with Crippen molar-refractivity contribution in [2.45, 2.75) is 32.4 Å². The number of benzene rings is 2. The van der Waals surface area contributed by atoms with E-state index in [2.05, 4.69) is 33.7 Å². The summed E-state index contributed by atoms with van der Waals surface area (Å²) in [6.45, 7) is 5.93. The summed E-state index contributed by atoms with van der Waals surface area (Å²) in [4.78, 5) is 25.8. The second-order valence-electron chi connectivity index (χ2n) is 7.16. The lowest BCUT2D eigenvalue weighted by Gasteiger charge is -2.49. The van der Waals surface area contributed by atoms with E-state index in [4.69, 9.17) is 4.74 Å². The largest absolute Gasteiger partial charge is 0.496 e. The molecule has 2 aromatic carbocycles. The first-order valence-electron chi connectivity index (χ1n) is 9.28. The minimum atomic E-state index is -0.517. The summed E-state index contributed by atoms with van der Waals surface area (Å²) in [6, 6.07) is 12.2. The number of fused-ring (bicyclic) bond motifs is 1. The third kappa shape index (κ3) is 3.90. The van der Waals surface area contributed by atoms with Crippen LogP contribution >= 0.6 is 0 Å². The number of nitrogens with zero attached hydrogens (tertiary/aromatic N) is 1. The number of carbonyl (C=O) groups excluding carboxylic acids is 2. The second-order valence-corrected chi connectivity index (χ2v) is 7.16. The predicted molar refractivity (Wildman–Crippen MR) is 106 cm³/mol. The minimum absolute atomic E-state index is 0.0110. The quantitative estimate of drug-likeness (QED) is 0.733. The van der Waals surface area contributed by atoms with Crippen molar-refractivity contribution in [3.05, 3.63) is 42.0 Å². The molecule has 144 valence electrons. The number of hydrogen-bond acceptors (Lipinski definition) is 4. The summed E-state index contributed by atoms with van der Waals surface area (Å²) in [6.07, 6.45) is 0.826. The molecule has 1 saturated heterocycles. The number of carbonyl (C=O) groups is 2. The first-order chi connectivity index (χ1) is 13.0. The maximum Gasteiger partial charge on any atom is 0.240 e. The highest BCUT2D eigenvalue weighted by molar-refractivity contribution is 5.91. The Bertz CT molecular complexity index is 852. The van der Waals surface area contributed by atoms with Crippen molar-refractivity contribution in [1.82, 2.24) is 15.5 Å². The highest BCUT2D eigenvalue weighted by Gasteiger charge is 2.46. The first kappa shape index (κ1) is 19.2. The van der Waals surface area contributed by atoms with Crippen molar-refractivity contribution in [2.75, 3.05) is 26.7 Å². The van der Waals surface area contributed by atoms with Gasteiger partial charge in [0, 0.05) is 38.5 Å². The number of hydrogen-bond donors (Lipinski definition) is 2. The zero-order valence-corrected chi connectivity index (χ0v) is 16.2. The van der Waals surface area contributed by atoms with Crippen LogP contribution in [0.1, 0.15) is 25.8 Å². The van der Waals surface area contributed by atoms with Crippen molar-refractivity contribution in [3.8, 4) is 5.75 Å². The van der Waals surface area contributed by atoms with Crippen molar-refractivity contribution in [2.24, 2.45) is 0 Å². The Morgan fingerprint density at radius 2 is 1.81 bits per heavy atom. The summed E-state index contributed by atoms with van der Waals surface area (Å²) >= 11 is 0. The Balaban J connectivity index is 1.70. The van der Waals surface area contributed by atoms with Crippen LogP contribution < -0.4 is 15.4 Å². The molecule has 2 amide bonds. The SMILES string of the molecule is COc1ccc(CN2CCC2(C)C(=O)NCCNC(C)=O)c2ccccc12. The van der Waals surface area contributed by atoms with Crippen molar-refractivity contribution in [1.29, 1.82) is 0 Å². The zero-order valence-electron chi connectivity index (χ0n) is 16.2. The third-order valence-electron chi connectivity index (χ3n) is 5.40. The molecular formula is C21H27N3O3. The number of ether oxygens (including phenoxy) is 1. The molecule has 27 heavy (non-hydrogen) atoms. The molecule has 2 N–H and O–H groups in total. The van der Waals surface area contributed by atoms with Crippen LogP contribution in [0.15, 0.2) is 36.4 Å². The van der Waals surface area contributed by atoms with Crippen LogP contribution in [0.5, 0.6) is 5.75 Å². The maximum absolute atomic E-state index is 12.7. The summed E-state index contributed by atoms with van der Waals surface area (Å²) in [5.74, 6) is 0.778. The Hall–Kier alpha value is -2.60. The molecule has 0 radical (unpaired) electrons. The number of nitrogens with one attached hydrogen (secondary N) is 2. The fraction of sp³-hybridized carbons (Fsp3) is 0.429. The summed E-state index contributed by atoms with van der Waals surface area (Å²) < 4.78 is 5.47. The van der Waals surface area contributed by atoms with Gasteiger partial charge in [-0.15, -0.1) is 0 Å². The molecular weight excluding hydrogens is 342 g/mol. The second kappa shape index (κ2) is 7.96. The normalized spacial score (nSPS) is 19.4. The van der Waals surface area contributed by atoms with E-state index >= 15 is 0 Å².